The number of fused-ring (bicyclic) bond motifs is 1. The van der Waals surface area contributed by atoms with Gasteiger partial charge in [-0.05, 0) is 79.2 Å². The minimum absolute atomic E-state index is 0.191. The Balaban J connectivity index is 1.40. The molecule has 2 aromatic carbocycles. The van der Waals surface area contributed by atoms with E-state index in [1.807, 2.05) is 24.2 Å². The Hall–Kier alpha value is -1.39. The molecule has 1 saturated carbocycles. The first-order valence-corrected chi connectivity index (χ1v) is 11.4. The Labute approximate surface area is 180 Å². The van der Waals surface area contributed by atoms with Crippen LogP contribution in [0.1, 0.15) is 53.9 Å². The summed E-state index contributed by atoms with van der Waals surface area (Å²) in [4.78, 5) is 5.81. The number of hydrogen-bond acceptors (Lipinski definition) is 3. The third kappa shape index (κ3) is 5.61. The fourth-order valence-corrected chi connectivity index (χ4v) is 4.59. The van der Waals surface area contributed by atoms with Gasteiger partial charge in [-0.3, -0.25) is 4.84 Å². The van der Waals surface area contributed by atoms with E-state index in [9.17, 15) is 0 Å². The van der Waals surface area contributed by atoms with E-state index in [2.05, 4.69) is 30.3 Å². The molecule has 2 N–H and O–H groups in total. The van der Waals surface area contributed by atoms with Gasteiger partial charge in [0.2, 0.25) is 0 Å². The first-order valence-electron chi connectivity index (χ1n) is 11.0. The number of hydrogen-bond donors (Lipinski definition) is 1. The summed E-state index contributed by atoms with van der Waals surface area (Å²) in [5, 5.41) is 2.85. The van der Waals surface area contributed by atoms with Gasteiger partial charge in [0.25, 0.3) is 0 Å². The fourth-order valence-electron chi connectivity index (χ4n) is 4.38. The molecule has 2 aliphatic carbocycles. The van der Waals surface area contributed by atoms with Gasteiger partial charge < -0.3 is 5.73 Å². The average Bonchev–Trinajstić information content (AvgIpc) is 3.55. The monoisotopic (exact) mass is 412 g/mol. The van der Waals surface area contributed by atoms with Crippen LogP contribution < -0.4 is 5.73 Å². The van der Waals surface area contributed by atoms with Gasteiger partial charge in [0.05, 0.1) is 6.61 Å². The summed E-state index contributed by atoms with van der Waals surface area (Å²) in [6.07, 6.45) is 7.87. The molecule has 29 heavy (non-hydrogen) atoms. The summed E-state index contributed by atoms with van der Waals surface area (Å²) >= 11 is 6.44. The van der Waals surface area contributed by atoms with Crippen LogP contribution in [0.25, 0.3) is 0 Å². The Morgan fingerprint density at radius 2 is 1.97 bits per heavy atom. The predicted molar refractivity (Wildman–Crippen MR) is 120 cm³/mol. The number of aryl methyl sites for hydroxylation is 2. The maximum Gasteiger partial charge on any atom is 0.0713 e. The maximum atomic E-state index is 6.58. The average molecular weight is 413 g/mol. The highest BCUT2D eigenvalue weighted by molar-refractivity contribution is 6.31. The smallest absolute Gasteiger partial charge is 0.0713 e. The Morgan fingerprint density at radius 1 is 1.14 bits per heavy atom. The van der Waals surface area contributed by atoms with Crippen molar-refractivity contribution in [3.05, 3.63) is 69.7 Å². The molecule has 0 aliphatic heterocycles. The summed E-state index contributed by atoms with van der Waals surface area (Å²) in [6, 6.07) is 15.4. The highest BCUT2D eigenvalue weighted by Crippen LogP contribution is 2.35. The summed E-state index contributed by atoms with van der Waals surface area (Å²) < 4.78 is 0. The van der Waals surface area contributed by atoms with Crippen molar-refractivity contribution in [2.24, 2.45) is 11.7 Å². The molecule has 2 atom stereocenters. The number of halogens is 1. The van der Waals surface area contributed by atoms with Crippen LogP contribution in [0.3, 0.4) is 0 Å². The second-order valence-electron chi connectivity index (χ2n) is 8.83. The molecule has 4 rings (SSSR count). The zero-order chi connectivity index (χ0) is 20.2. The van der Waals surface area contributed by atoms with Crippen LogP contribution >= 0.6 is 11.6 Å². The van der Waals surface area contributed by atoms with E-state index in [0.29, 0.717) is 5.92 Å². The molecule has 3 nitrogen and oxygen atoms in total. The lowest BCUT2D eigenvalue weighted by atomic mass is 9.76. The zero-order valence-electron chi connectivity index (χ0n) is 17.4. The Kier molecular flexibility index (Phi) is 6.92. The standard InChI is InChI=1S/C25H33ClN2O/c1-28(29-17-19-8-9-19)14-4-5-18-10-11-20-12-13-25(27)23(22(20)15-18)16-21-6-2-3-7-24(21)26/h2-3,6-7,10-11,15,19,23,25H,4-5,8-9,12-14,16-17,27H2,1H3. The maximum absolute atomic E-state index is 6.58. The van der Waals surface area contributed by atoms with Crippen molar-refractivity contribution in [2.75, 3.05) is 20.2 Å². The van der Waals surface area contributed by atoms with Crippen molar-refractivity contribution in [1.82, 2.24) is 5.06 Å². The molecule has 0 amide bonds. The topological polar surface area (TPSA) is 38.5 Å². The summed E-state index contributed by atoms with van der Waals surface area (Å²) in [5.41, 5.74) is 12.1. The Bertz CT molecular complexity index is 820. The second kappa shape index (κ2) is 9.61. The fraction of sp³-hybridized carbons (Fsp3) is 0.520. The molecule has 2 unspecified atom stereocenters. The van der Waals surface area contributed by atoms with Gasteiger partial charge in [0.1, 0.15) is 0 Å². The van der Waals surface area contributed by atoms with Crippen LogP contribution in [0.5, 0.6) is 0 Å². The van der Waals surface area contributed by atoms with Crippen LogP contribution in [0.2, 0.25) is 5.02 Å². The lowest BCUT2D eigenvalue weighted by molar-refractivity contribution is -0.143. The second-order valence-corrected chi connectivity index (χ2v) is 9.24. The van der Waals surface area contributed by atoms with Gasteiger partial charge in [0, 0.05) is 30.6 Å². The van der Waals surface area contributed by atoms with Crippen LogP contribution in [-0.4, -0.2) is 31.3 Å². The molecule has 2 aromatic rings. The van der Waals surface area contributed by atoms with Crippen LogP contribution in [0.15, 0.2) is 42.5 Å². The third-order valence-electron chi connectivity index (χ3n) is 6.44. The van der Waals surface area contributed by atoms with Crippen LogP contribution in [0, 0.1) is 5.92 Å². The number of hydroxylamine groups is 2. The molecule has 156 valence electrons. The molecule has 0 heterocycles. The van der Waals surface area contributed by atoms with E-state index in [1.165, 1.54) is 35.1 Å². The van der Waals surface area contributed by atoms with E-state index in [1.54, 1.807) is 0 Å². The number of rotatable bonds is 9. The van der Waals surface area contributed by atoms with Gasteiger partial charge in [-0.1, -0.05) is 48.0 Å². The molecule has 0 saturated heterocycles. The quantitative estimate of drug-likeness (QED) is 0.579. The minimum Gasteiger partial charge on any atom is -0.327 e. The van der Waals surface area contributed by atoms with E-state index in [-0.39, 0.29) is 6.04 Å². The van der Waals surface area contributed by atoms with Crippen molar-refractivity contribution in [3.63, 3.8) is 0 Å². The highest BCUT2D eigenvalue weighted by atomic mass is 35.5. The van der Waals surface area contributed by atoms with Gasteiger partial charge in [-0.15, -0.1) is 0 Å². The minimum atomic E-state index is 0.191. The lowest BCUT2D eigenvalue weighted by Crippen LogP contribution is -2.34. The highest BCUT2D eigenvalue weighted by Gasteiger charge is 2.28. The van der Waals surface area contributed by atoms with Crippen molar-refractivity contribution < 1.29 is 4.84 Å². The molecule has 4 heteroatoms. The summed E-state index contributed by atoms with van der Waals surface area (Å²) in [6.45, 7) is 1.85. The zero-order valence-corrected chi connectivity index (χ0v) is 18.2. The molecule has 1 fully saturated rings. The number of benzene rings is 2. The number of nitrogens with zero attached hydrogens (tertiary/aromatic N) is 1. The molecule has 0 bridgehead atoms. The molecular weight excluding hydrogens is 380 g/mol. The van der Waals surface area contributed by atoms with Gasteiger partial charge >= 0.3 is 0 Å². The summed E-state index contributed by atoms with van der Waals surface area (Å²) in [7, 11) is 2.05. The SMILES string of the molecule is CN(CCCc1ccc2c(c1)C(Cc1ccccc1Cl)C(N)CC2)OCC1CC1. The molecule has 0 radical (unpaired) electrons. The first kappa shape index (κ1) is 20.9. The van der Waals surface area contributed by atoms with Gasteiger partial charge in [-0.2, -0.15) is 5.06 Å². The van der Waals surface area contributed by atoms with E-state index < -0.39 is 0 Å². The molecular formula is C25H33ClN2O. The third-order valence-corrected chi connectivity index (χ3v) is 6.81. The van der Waals surface area contributed by atoms with Crippen molar-refractivity contribution in [3.8, 4) is 0 Å². The predicted octanol–water partition coefficient (Wildman–Crippen LogP) is 5.15. The van der Waals surface area contributed by atoms with E-state index in [4.69, 9.17) is 22.2 Å². The Morgan fingerprint density at radius 3 is 2.76 bits per heavy atom. The summed E-state index contributed by atoms with van der Waals surface area (Å²) in [5.74, 6) is 1.14. The van der Waals surface area contributed by atoms with Crippen LogP contribution in [0.4, 0.5) is 0 Å². The van der Waals surface area contributed by atoms with Gasteiger partial charge in [0.15, 0.2) is 0 Å². The van der Waals surface area contributed by atoms with E-state index >= 15 is 0 Å². The molecule has 0 aromatic heterocycles. The molecule has 2 aliphatic rings. The number of nitrogens with two attached hydrogens (primary N) is 1. The van der Waals surface area contributed by atoms with Gasteiger partial charge in [-0.25, -0.2) is 0 Å². The normalized spacial score (nSPS) is 21.4. The largest absolute Gasteiger partial charge is 0.327 e. The van der Waals surface area contributed by atoms with Crippen molar-refractivity contribution in [1.29, 1.82) is 0 Å². The van der Waals surface area contributed by atoms with Crippen molar-refractivity contribution in [2.45, 2.75) is 56.9 Å². The van der Waals surface area contributed by atoms with Crippen LogP contribution in [-0.2, 0) is 24.1 Å². The lowest BCUT2D eigenvalue weighted by Gasteiger charge is -2.32. The van der Waals surface area contributed by atoms with E-state index in [0.717, 1.165) is 56.2 Å². The first-order chi connectivity index (χ1) is 14.1. The van der Waals surface area contributed by atoms with Crippen molar-refractivity contribution >= 4 is 11.6 Å². The molecule has 0 spiro atoms.